The van der Waals surface area contributed by atoms with Gasteiger partial charge in [0.2, 0.25) is 0 Å². The first-order chi connectivity index (χ1) is 18.9. The molecule has 41 heavy (non-hydrogen) atoms. The van der Waals surface area contributed by atoms with E-state index in [1.807, 2.05) is 30.3 Å². The fourth-order valence-corrected chi connectivity index (χ4v) is 5.16. The van der Waals surface area contributed by atoms with E-state index in [1.165, 1.54) is 11.8 Å². The summed E-state index contributed by atoms with van der Waals surface area (Å²) in [6.45, 7) is 8.25. The van der Waals surface area contributed by atoms with E-state index in [-0.39, 0.29) is 22.9 Å². The Hall–Kier alpha value is -2.10. The minimum atomic E-state index is -2.34. The molecular weight excluding hydrogens is 628 g/mol. The lowest BCUT2D eigenvalue weighted by molar-refractivity contribution is -0.0000119. The number of hydrogen-bond donors (Lipinski definition) is 0. The maximum Gasteiger partial charge on any atom is 0.161 e. The highest BCUT2D eigenvalue weighted by molar-refractivity contribution is 8.29. The van der Waals surface area contributed by atoms with E-state index >= 15 is 0 Å². The van der Waals surface area contributed by atoms with Gasteiger partial charge in [0.1, 0.15) is 8.77 Å². The number of rotatable bonds is 15. The van der Waals surface area contributed by atoms with Crippen LogP contribution in [0.2, 0.25) is 0 Å². The highest BCUT2D eigenvalue weighted by Gasteiger charge is 2.36. The molecule has 0 fully saturated rings. The van der Waals surface area contributed by atoms with Gasteiger partial charge >= 0.3 is 0 Å². The Balaban J connectivity index is 0.00000177. The Bertz CT molecular complexity index is 1200. The Morgan fingerprint density at radius 1 is 0.951 bits per heavy atom. The maximum atomic E-state index is 10.4. The van der Waals surface area contributed by atoms with E-state index in [4.69, 9.17) is 18.9 Å². The molecule has 232 valence electrons. The van der Waals surface area contributed by atoms with Crippen LogP contribution in [0.15, 0.2) is 36.4 Å². The fraction of sp³-hybridized carbons (Fsp3) is 0.567. The van der Waals surface area contributed by atoms with Crippen molar-refractivity contribution in [2.75, 3.05) is 61.4 Å². The van der Waals surface area contributed by atoms with Crippen LogP contribution < -0.4 is 35.9 Å². The Morgan fingerprint density at radius 3 is 1.93 bits per heavy atom. The van der Waals surface area contributed by atoms with Crippen LogP contribution in [0, 0.1) is 17.2 Å². The number of nitriles is 1. The molecule has 0 spiro atoms. The van der Waals surface area contributed by atoms with E-state index in [0.29, 0.717) is 18.1 Å². The molecule has 2 aromatic rings. The third-order valence-corrected chi connectivity index (χ3v) is 7.71. The third kappa shape index (κ3) is 12.3. The molecule has 0 N–H and O–H groups in total. The number of hydrogen-bond acceptors (Lipinski definition) is 9. The van der Waals surface area contributed by atoms with E-state index in [1.54, 1.807) is 35.4 Å². The number of methoxy groups -OCH3 is 4. The molecule has 0 saturated carbocycles. The lowest BCUT2D eigenvalue weighted by atomic mass is 9.69. The minimum absolute atomic E-state index is 0. The lowest BCUT2D eigenvalue weighted by Gasteiger charge is -2.32. The maximum absolute atomic E-state index is 10.4. The normalized spacial score (nSPS) is 13.5. The third-order valence-electron chi connectivity index (χ3n) is 6.76. The highest BCUT2D eigenvalue weighted by Crippen LogP contribution is 2.40. The minimum Gasteiger partial charge on any atom is -1.00 e. The first kappa shape index (κ1) is 38.9. The predicted molar refractivity (Wildman–Crippen MR) is 165 cm³/mol. The van der Waals surface area contributed by atoms with Gasteiger partial charge in [-0.15, -0.1) is 0 Å². The van der Waals surface area contributed by atoms with Gasteiger partial charge in [-0.05, 0) is 81.1 Å². The molecule has 0 bridgehead atoms. The molecule has 2 rings (SSSR count). The van der Waals surface area contributed by atoms with Gasteiger partial charge in [-0.2, -0.15) is 5.26 Å². The summed E-state index contributed by atoms with van der Waals surface area (Å²) < 4.78 is 36.5. The Morgan fingerprint density at radius 2 is 1.49 bits per heavy atom. The van der Waals surface area contributed by atoms with Crippen molar-refractivity contribution in [2.24, 2.45) is 5.92 Å². The van der Waals surface area contributed by atoms with Gasteiger partial charge in [0.05, 0.1) is 46.5 Å². The summed E-state index contributed by atoms with van der Waals surface area (Å²) >= 11 is 4.39. The first-order valence-electron chi connectivity index (χ1n) is 13.3. The average Bonchev–Trinajstić information content (AvgIpc) is 2.93. The van der Waals surface area contributed by atoms with Gasteiger partial charge in [-0.25, -0.2) is 4.21 Å². The number of halogens is 1. The van der Waals surface area contributed by atoms with E-state index in [0.717, 1.165) is 49.4 Å². The zero-order valence-electron chi connectivity index (χ0n) is 25.8. The molecule has 0 heterocycles. The van der Waals surface area contributed by atoms with E-state index in [9.17, 15) is 9.47 Å². The van der Waals surface area contributed by atoms with Crippen molar-refractivity contribution in [3.63, 3.8) is 0 Å². The number of ether oxygens (including phenoxy) is 4. The monoisotopic (exact) mass is 673 g/mol. The predicted octanol–water partition coefficient (Wildman–Crippen LogP) is 2.41. The molecule has 0 aliphatic carbocycles. The number of likely N-dealkylation sites (N-methyl/N-ethyl adjacent to an activating group) is 1. The van der Waals surface area contributed by atoms with Crippen LogP contribution in [0.1, 0.15) is 44.7 Å². The summed E-state index contributed by atoms with van der Waals surface area (Å²) in [5.74, 6) is 2.99. The summed E-state index contributed by atoms with van der Waals surface area (Å²) in [5, 5.41) is 10.2. The van der Waals surface area contributed by atoms with Crippen molar-refractivity contribution >= 4 is 20.0 Å². The molecule has 0 aliphatic rings. The van der Waals surface area contributed by atoms with Crippen LogP contribution in [-0.4, -0.2) is 70.5 Å². The average molecular weight is 675 g/mol. The molecule has 11 heteroatoms. The lowest BCUT2D eigenvalue weighted by Crippen LogP contribution is -3.00. The second-order valence-corrected chi connectivity index (χ2v) is 13.2. The van der Waals surface area contributed by atoms with E-state index < -0.39 is 14.2 Å². The zero-order chi connectivity index (χ0) is 30.3. The number of benzene rings is 2. The molecule has 8 nitrogen and oxygen atoms in total. The number of nitrogens with zero attached hydrogens (tertiary/aromatic N) is 2. The van der Waals surface area contributed by atoms with Gasteiger partial charge in [-0.3, -0.25) is 4.18 Å². The van der Waals surface area contributed by atoms with Gasteiger partial charge in [0.25, 0.3) is 0 Å². The van der Waals surface area contributed by atoms with Gasteiger partial charge < -0.3 is 40.8 Å². The van der Waals surface area contributed by atoms with Crippen LogP contribution >= 0.6 is 0 Å². The van der Waals surface area contributed by atoms with Crippen molar-refractivity contribution < 1.29 is 44.3 Å². The smallest absolute Gasteiger partial charge is 0.161 e. The van der Waals surface area contributed by atoms with Crippen LogP contribution in [0.4, 0.5) is 0 Å². The van der Waals surface area contributed by atoms with Crippen molar-refractivity contribution in [1.82, 2.24) is 4.90 Å². The molecule has 0 aliphatic heterocycles. The Labute approximate surface area is 262 Å². The van der Waals surface area contributed by atoms with Gasteiger partial charge in [0, 0.05) is 24.0 Å². The van der Waals surface area contributed by atoms with Crippen molar-refractivity contribution in [2.45, 2.75) is 45.4 Å². The summed E-state index contributed by atoms with van der Waals surface area (Å²) in [5.41, 5.74) is 1.60. The molecule has 2 atom stereocenters. The summed E-state index contributed by atoms with van der Waals surface area (Å²) in [7, 11) is 6.33. The van der Waals surface area contributed by atoms with Gasteiger partial charge in [-0.1, -0.05) is 26.0 Å². The molecule has 2 aromatic carbocycles. The molecule has 0 saturated heterocycles. The van der Waals surface area contributed by atoms with Crippen LogP contribution in [0.3, 0.4) is 0 Å². The van der Waals surface area contributed by atoms with Crippen molar-refractivity contribution in [3.8, 4) is 29.1 Å². The Kier molecular flexibility index (Phi) is 18.2. The second kappa shape index (κ2) is 19.2. The SMILES string of the molecule is CCOS(C)(=O)=S.COc1ccc(CCN(C)CCCC(C#N)(c2ccc(OC)c(OC)c2)C(C)C)cc1OC.[Br-]. The fourth-order valence-electron chi connectivity index (χ4n) is 4.44. The van der Waals surface area contributed by atoms with Gasteiger partial charge in [0.15, 0.2) is 23.0 Å². The van der Waals surface area contributed by atoms with Crippen LogP contribution in [-0.2, 0) is 36.0 Å². The molecule has 0 aromatic heterocycles. The largest absolute Gasteiger partial charge is 1.00 e. The van der Waals surface area contributed by atoms with Crippen molar-refractivity contribution in [3.05, 3.63) is 47.5 Å². The second-order valence-electron chi connectivity index (χ2n) is 9.76. The summed E-state index contributed by atoms with van der Waals surface area (Å²) in [4.78, 5) is 2.31. The van der Waals surface area contributed by atoms with Crippen LogP contribution in [0.5, 0.6) is 23.0 Å². The summed E-state index contributed by atoms with van der Waals surface area (Å²) in [6.07, 6.45) is 4.01. The highest BCUT2D eigenvalue weighted by atomic mass is 79.9. The first-order valence-corrected chi connectivity index (χ1v) is 16.1. The van der Waals surface area contributed by atoms with Crippen LogP contribution in [0.25, 0.3) is 0 Å². The summed E-state index contributed by atoms with van der Waals surface area (Å²) in [6, 6.07) is 14.5. The molecule has 0 radical (unpaired) electrons. The molecule has 2 unspecified atom stereocenters. The molecule has 0 amide bonds. The quantitative estimate of drug-likeness (QED) is 0.283. The topological polar surface area (TPSA) is 90.3 Å². The van der Waals surface area contributed by atoms with Crippen molar-refractivity contribution in [1.29, 1.82) is 5.26 Å². The molecular formula is C30H46BrN2O6S2-. The zero-order valence-corrected chi connectivity index (χ0v) is 29.0. The standard InChI is InChI=1S/C27H38N2O4.C3H8O2S2.BrH/c1-20(2)27(19-28,22-10-12-24(31-5)26(18-22)33-7)14-8-15-29(3)16-13-21-9-11-23(30-4)25(17-21)32-6;1-3-5-7(2,4)6;/h9-12,17-18,20H,8,13-16H2,1-7H3;3H2,1-2H3;1H/p-1. The van der Waals surface area contributed by atoms with E-state index in [2.05, 4.69) is 53.3 Å².